The molecule has 0 unspecified atom stereocenters. The van der Waals surface area contributed by atoms with Crippen molar-refractivity contribution in [1.82, 2.24) is 4.90 Å². The van der Waals surface area contributed by atoms with E-state index >= 15 is 0 Å². The first-order valence-corrected chi connectivity index (χ1v) is 8.43. The predicted octanol–water partition coefficient (Wildman–Crippen LogP) is 2.35. The Morgan fingerprint density at radius 3 is 2.33 bits per heavy atom. The first-order valence-electron chi connectivity index (χ1n) is 7.27. The molecule has 0 aromatic carbocycles. The topological polar surface area (TPSA) is 38.5 Å². The maximum atomic E-state index is 6.17. The third kappa shape index (κ3) is 3.86. The molecule has 1 aliphatic rings. The summed E-state index contributed by atoms with van der Waals surface area (Å²) in [5, 5.41) is 0. The van der Waals surface area contributed by atoms with Crippen LogP contribution in [-0.2, 0) is 4.74 Å². The molecule has 0 atom stereocenters. The second kappa shape index (κ2) is 8.41. The number of methoxy groups -OCH3 is 1. The maximum Gasteiger partial charge on any atom is 0.0590 e. The van der Waals surface area contributed by atoms with E-state index in [1.807, 2.05) is 0 Å². The normalized spacial score (nSPS) is 19.7. The molecule has 1 aliphatic heterocycles. The van der Waals surface area contributed by atoms with E-state index in [1.54, 1.807) is 7.11 Å². The Morgan fingerprint density at radius 1 is 1.28 bits per heavy atom. The van der Waals surface area contributed by atoms with Crippen LogP contribution in [0, 0.1) is 0 Å². The molecule has 0 aromatic rings. The van der Waals surface area contributed by atoms with E-state index in [2.05, 4.69) is 30.5 Å². The van der Waals surface area contributed by atoms with Crippen LogP contribution < -0.4 is 5.73 Å². The van der Waals surface area contributed by atoms with Gasteiger partial charge in [-0.25, -0.2) is 0 Å². The number of nitrogens with two attached hydrogens (primary N) is 1. The van der Waals surface area contributed by atoms with Crippen molar-refractivity contribution >= 4 is 11.8 Å². The van der Waals surface area contributed by atoms with Crippen molar-refractivity contribution in [2.45, 2.75) is 51.1 Å². The second-order valence-electron chi connectivity index (χ2n) is 5.20. The standard InChI is InChI=1S/C14H30N2OS/c1-4-13(5-2)16(8-9-17-3)14(12-15)6-10-18-11-7-14/h13H,4-12,15H2,1-3H3. The number of ether oxygens (including phenoxy) is 1. The molecule has 1 saturated heterocycles. The Morgan fingerprint density at radius 2 is 1.89 bits per heavy atom. The highest BCUT2D eigenvalue weighted by Crippen LogP contribution is 2.34. The van der Waals surface area contributed by atoms with Crippen LogP contribution >= 0.6 is 11.8 Å². The van der Waals surface area contributed by atoms with Crippen LogP contribution in [0.4, 0.5) is 0 Å². The zero-order valence-electron chi connectivity index (χ0n) is 12.3. The van der Waals surface area contributed by atoms with Gasteiger partial charge >= 0.3 is 0 Å². The number of hydrogen-bond acceptors (Lipinski definition) is 4. The molecule has 1 rings (SSSR count). The van der Waals surface area contributed by atoms with Crippen LogP contribution in [0.1, 0.15) is 39.5 Å². The van der Waals surface area contributed by atoms with Gasteiger partial charge in [-0.3, -0.25) is 4.90 Å². The van der Waals surface area contributed by atoms with E-state index in [4.69, 9.17) is 10.5 Å². The molecule has 0 aromatic heterocycles. The summed E-state index contributed by atoms with van der Waals surface area (Å²) in [5.41, 5.74) is 6.39. The Labute approximate surface area is 117 Å². The SMILES string of the molecule is CCC(CC)N(CCOC)C1(CN)CCSCC1. The molecule has 0 bridgehead atoms. The lowest BCUT2D eigenvalue weighted by atomic mass is 9.87. The van der Waals surface area contributed by atoms with Gasteiger partial charge in [-0.15, -0.1) is 0 Å². The van der Waals surface area contributed by atoms with Gasteiger partial charge in [-0.05, 0) is 37.2 Å². The highest BCUT2D eigenvalue weighted by atomic mass is 32.2. The largest absolute Gasteiger partial charge is 0.383 e. The van der Waals surface area contributed by atoms with Crippen LogP contribution in [0.25, 0.3) is 0 Å². The highest BCUT2D eigenvalue weighted by molar-refractivity contribution is 7.99. The predicted molar refractivity (Wildman–Crippen MR) is 81.3 cm³/mol. The smallest absolute Gasteiger partial charge is 0.0590 e. The van der Waals surface area contributed by atoms with Gasteiger partial charge in [0.25, 0.3) is 0 Å². The lowest BCUT2D eigenvalue weighted by Gasteiger charge is -2.49. The fourth-order valence-corrected chi connectivity index (χ4v) is 4.34. The summed E-state index contributed by atoms with van der Waals surface area (Å²) in [4.78, 5) is 2.66. The maximum absolute atomic E-state index is 6.17. The van der Waals surface area contributed by atoms with E-state index < -0.39 is 0 Å². The van der Waals surface area contributed by atoms with Gasteiger partial charge in [0.15, 0.2) is 0 Å². The molecule has 3 nitrogen and oxygen atoms in total. The van der Waals surface area contributed by atoms with Crippen LogP contribution in [0.2, 0.25) is 0 Å². The molecule has 1 fully saturated rings. The van der Waals surface area contributed by atoms with Crippen molar-refractivity contribution in [3.05, 3.63) is 0 Å². The summed E-state index contributed by atoms with van der Waals surface area (Å²) < 4.78 is 5.30. The summed E-state index contributed by atoms with van der Waals surface area (Å²) in [7, 11) is 1.79. The average molecular weight is 274 g/mol. The van der Waals surface area contributed by atoms with E-state index in [1.165, 1.54) is 37.2 Å². The Bertz CT molecular complexity index is 216. The van der Waals surface area contributed by atoms with Crippen LogP contribution in [0.5, 0.6) is 0 Å². The molecule has 0 saturated carbocycles. The van der Waals surface area contributed by atoms with E-state index in [9.17, 15) is 0 Å². The third-order valence-electron chi connectivity index (χ3n) is 4.33. The van der Waals surface area contributed by atoms with Crippen LogP contribution in [0.15, 0.2) is 0 Å². The van der Waals surface area contributed by atoms with Crippen molar-refractivity contribution < 1.29 is 4.74 Å². The monoisotopic (exact) mass is 274 g/mol. The number of thioether (sulfide) groups is 1. The molecule has 0 amide bonds. The lowest BCUT2D eigenvalue weighted by Crippen LogP contribution is -2.60. The third-order valence-corrected chi connectivity index (χ3v) is 5.32. The van der Waals surface area contributed by atoms with E-state index in [0.717, 1.165) is 19.7 Å². The van der Waals surface area contributed by atoms with Gasteiger partial charge in [-0.2, -0.15) is 11.8 Å². The zero-order chi connectivity index (χ0) is 13.4. The number of hydrogen-bond donors (Lipinski definition) is 1. The van der Waals surface area contributed by atoms with Gasteiger partial charge in [0.2, 0.25) is 0 Å². The van der Waals surface area contributed by atoms with E-state index in [0.29, 0.717) is 6.04 Å². The highest BCUT2D eigenvalue weighted by Gasteiger charge is 2.39. The Kier molecular flexibility index (Phi) is 7.61. The number of nitrogens with zero attached hydrogens (tertiary/aromatic N) is 1. The van der Waals surface area contributed by atoms with Gasteiger partial charge < -0.3 is 10.5 Å². The van der Waals surface area contributed by atoms with Crippen molar-refractivity contribution in [1.29, 1.82) is 0 Å². The Balaban J connectivity index is 2.82. The molecule has 0 spiro atoms. The zero-order valence-corrected chi connectivity index (χ0v) is 13.1. The van der Waals surface area contributed by atoms with Crippen molar-refractivity contribution in [2.75, 3.05) is 38.3 Å². The fraction of sp³-hybridized carbons (Fsp3) is 1.00. The van der Waals surface area contributed by atoms with Gasteiger partial charge in [0.1, 0.15) is 0 Å². The lowest BCUT2D eigenvalue weighted by molar-refractivity contribution is 0.0139. The minimum absolute atomic E-state index is 0.223. The molecule has 0 aliphatic carbocycles. The summed E-state index contributed by atoms with van der Waals surface area (Å²) in [6, 6.07) is 0.645. The minimum Gasteiger partial charge on any atom is -0.383 e. The number of rotatable bonds is 8. The minimum atomic E-state index is 0.223. The average Bonchev–Trinajstić information content (AvgIpc) is 2.44. The molecular formula is C14H30N2OS. The molecule has 2 N–H and O–H groups in total. The van der Waals surface area contributed by atoms with Crippen molar-refractivity contribution in [3.63, 3.8) is 0 Å². The molecule has 1 heterocycles. The second-order valence-corrected chi connectivity index (χ2v) is 6.42. The summed E-state index contributed by atoms with van der Waals surface area (Å²) >= 11 is 2.07. The first-order chi connectivity index (χ1) is 8.74. The van der Waals surface area contributed by atoms with E-state index in [-0.39, 0.29) is 5.54 Å². The molecule has 0 radical (unpaired) electrons. The molecular weight excluding hydrogens is 244 g/mol. The summed E-state index contributed by atoms with van der Waals surface area (Å²) in [6.45, 7) is 7.19. The van der Waals surface area contributed by atoms with Crippen LogP contribution in [-0.4, -0.2) is 54.8 Å². The molecule has 18 heavy (non-hydrogen) atoms. The van der Waals surface area contributed by atoms with Gasteiger partial charge in [0.05, 0.1) is 6.61 Å². The van der Waals surface area contributed by atoms with Crippen molar-refractivity contribution in [3.8, 4) is 0 Å². The summed E-state index contributed by atoms with van der Waals surface area (Å²) in [5.74, 6) is 2.50. The van der Waals surface area contributed by atoms with Gasteiger partial charge in [-0.1, -0.05) is 13.8 Å². The quantitative estimate of drug-likeness (QED) is 0.737. The molecule has 4 heteroatoms. The molecule has 108 valence electrons. The Hall–Kier alpha value is 0.230. The van der Waals surface area contributed by atoms with Gasteiger partial charge in [0, 0.05) is 31.8 Å². The fourth-order valence-electron chi connectivity index (χ4n) is 3.09. The summed E-state index contributed by atoms with van der Waals surface area (Å²) in [6.07, 6.45) is 4.87. The van der Waals surface area contributed by atoms with Crippen LogP contribution in [0.3, 0.4) is 0 Å². The first kappa shape index (κ1) is 16.3. The van der Waals surface area contributed by atoms with Crippen molar-refractivity contribution in [2.24, 2.45) is 5.73 Å².